The summed E-state index contributed by atoms with van der Waals surface area (Å²) in [4.78, 5) is 7.94. The molecule has 2 heteroatoms. The smallest absolute Gasteiger partial charge is 0.0581 e. The van der Waals surface area contributed by atoms with Gasteiger partial charge in [-0.1, -0.05) is 0 Å². The van der Waals surface area contributed by atoms with Crippen LogP contribution >= 0.6 is 0 Å². The lowest BCUT2D eigenvalue weighted by Crippen LogP contribution is -1.84. The first-order valence-corrected chi connectivity index (χ1v) is 2.80. The Morgan fingerprint density at radius 3 is 1.62 bits per heavy atom. The summed E-state index contributed by atoms with van der Waals surface area (Å²) in [5.41, 5.74) is 0. The molecule has 0 radical (unpaired) electrons. The molecule has 0 rings (SSSR count). The van der Waals surface area contributed by atoms with Gasteiger partial charge in [-0.2, -0.15) is 0 Å². The third kappa shape index (κ3) is 5.34. The van der Waals surface area contributed by atoms with Crippen LogP contribution in [-0.2, 0) is 0 Å². The molecule has 0 spiro atoms. The van der Waals surface area contributed by atoms with Crippen molar-refractivity contribution in [2.24, 2.45) is 9.98 Å². The van der Waals surface area contributed by atoms with Crippen molar-refractivity contribution in [3.8, 4) is 0 Å². The van der Waals surface area contributed by atoms with Gasteiger partial charge >= 0.3 is 0 Å². The Hall–Kier alpha value is -0.660. The molecule has 2 nitrogen and oxygen atoms in total. The van der Waals surface area contributed by atoms with E-state index in [1.165, 1.54) is 0 Å². The van der Waals surface area contributed by atoms with Crippen LogP contribution in [0.4, 0.5) is 0 Å². The van der Waals surface area contributed by atoms with Crippen LogP contribution in [0.3, 0.4) is 0 Å². The van der Waals surface area contributed by atoms with Crippen LogP contribution in [-0.4, -0.2) is 25.5 Å². The summed E-state index contributed by atoms with van der Waals surface area (Å²) in [6.07, 6.45) is 3.59. The standard InChI is InChI=1S/C6H12N2/c1-3-7-5-6-8-4-2/h3-4H,5-6H2,1-2H3/b7-3+,8-4+. The summed E-state index contributed by atoms with van der Waals surface area (Å²) in [6.45, 7) is 5.47. The highest BCUT2D eigenvalue weighted by molar-refractivity contribution is 5.54. The van der Waals surface area contributed by atoms with Crippen molar-refractivity contribution >= 4 is 12.4 Å². The maximum Gasteiger partial charge on any atom is 0.0581 e. The lowest BCUT2D eigenvalue weighted by molar-refractivity contribution is 0.983. The van der Waals surface area contributed by atoms with Crippen molar-refractivity contribution in [3.05, 3.63) is 0 Å². The lowest BCUT2D eigenvalue weighted by atomic mass is 10.6. The second-order valence-electron chi connectivity index (χ2n) is 1.33. The van der Waals surface area contributed by atoms with Crippen LogP contribution in [0.15, 0.2) is 9.98 Å². The number of hydrogen-bond donors (Lipinski definition) is 0. The van der Waals surface area contributed by atoms with Crippen molar-refractivity contribution in [1.29, 1.82) is 0 Å². The van der Waals surface area contributed by atoms with Crippen molar-refractivity contribution in [2.75, 3.05) is 13.1 Å². The molecule has 0 heterocycles. The van der Waals surface area contributed by atoms with Crippen LogP contribution < -0.4 is 0 Å². The van der Waals surface area contributed by atoms with Gasteiger partial charge in [0, 0.05) is 0 Å². The number of rotatable bonds is 3. The largest absolute Gasteiger partial charge is 0.296 e. The van der Waals surface area contributed by atoms with Gasteiger partial charge < -0.3 is 0 Å². The number of aliphatic imine (C=N–C) groups is 2. The summed E-state index contributed by atoms with van der Waals surface area (Å²) in [6, 6.07) is 0. The molecule has 0 saturated heterocycles. The van der Waals surface area contributed by atoms with Crippen molar-refractivity contribution < 1.29 is 0 Å². The van der Waals surface area contributed by atoms with E-state index >= 15 is 0 Å². The molecule has 0 aliphatic rings. The van der Waals surface area contributed by atoms with E-state index in [1.54, 1.807) is 12.4 Å². The highest BCUT2D eigenvalue weighted by Gasteiger charge is 1.71. The second-order valence-corrected chi connectivity index (χ2v) is 1.33. The fraction of sp³-hybridized carbons (Fsp3) is 0.667. The molecule has 0 bridgehead atoms. The van der Waals surface area contributed by atoms with Crippen molar-refractivity contribution in [1.82, 2.24) is 0 Å². The quantitative estimate of drug-likeness (QED) is 0.387. The molecule has 0 fully saturated rings. The fourth-order valence-electron chi connectivity index (χ4n) is 0.374. The van der Waals surface area contributed by atoms with Gasteiger partial charge in [-0.15, -0.1) is 0 Å². The van der Waals surface area contributed by atoms with E-state index in [1.807, 2.05) is 13.8 Å². The Balaban J connectivity index is 2.93. The first-order valence-electron chi connectivity index (χ1n) is 2.80. The Morgan fingerprint density at radius 1 is 1.00 bits per heavy atom. The fourth-order valence-corrected chi connectivity index (χ4v) is 0.374. The third-order valence-electron chi connectivity index (χ3n) is 0.723. The number of nitrogens with zero attached hydrogens (tertiary/aromatic N) is 2. The minimum atomic E-state index is 0.820. The van der Waals surface area contributed by atoms with Crippen LogP contribution in [0, 0.1) is 0 Å². The molecule has 0 N–H and O–H groups in total. The van der Waals surface area contributed by atoms with Gasteiger partial charge in [-0.25, -0.2) is 0 Å². The van der Waals surface area contributed by atoms with Gasteiger partial charge in [0.25, 0.3) is 0 Å². The molecule has 46 valence electrons. The maximum absolute atomic E-state index is 3.97. The predicted molar refractivity (Wildman–Crippen MR) is 38.1 cm³/mol. The van der Waals surface area contributed by atoms with Gasteiger partial charge in [0.05, 0.1) is 13.1 Å². The van der Waals surface area contributed by atoms with E-state index in [9.17, 15) is 0 Å². The van der Waals surface area contributed by atoms with Gasteiger partial charge in [-0.05, 0) is 26.3 Å². The molecule has 8 heavy (non-hydrogen) atoms. The van der Waals surface area contributed by atoms with Crippen molar-refractivity contribution in [3.63, 3.8) is 0 Å². The molecule has 0 aromatic heterocycles. The first kappa shape index (κ1) is 7.34. The zero-order chi connectivity index (χ0) is 6.24. The van der Waals surface area contributed by atoms with E-state index in [0.717, 1.165) is 13.1 Å². The van der Waals surface area contributed by atoms with Crippen LogP contribution in [0.25, 0.3) is 0 Å². The molecule has 0 aromatic rings. The van der Waals surface area contributed by atoms with Crippen LogP contribution in [0.1, 0.15) is 13.8 Å². The average Bonchev–Trinajstić information content (AvgIpc) is 1.81. The van der Waals surface area contributed by atoms with Gasteiger partial charge in [0.15, 0.2) is 0 Å². The van der Waals surface area contributed by atoms with Crippen molar-refractivity contribution in [2.45, 2.75) is 13.8 Å². The predicted octanol–water partition coefficient (Wildman–Crippen LogP) is 1.17. The van der Waals surface area contributed by atoms with E-state index < -0.39 is 0 Å². The first-order chi connectivity index (χ1) is 3.91. The summed E-state index contributed by atoms with van der Waals surface area (Å²) in [7, 11) is 0. The van der Waals surface area contributed by atoms with Gasteiger partial charge in [-0.3, -0.25) is 9.98 Å². The summed E-state index contributed by atoms with van der Waals surface area (Å²) in [5, 5.41) is 0. The molecular formula is C6H12N2. The Kier molecular flexibility index (Phi) is 5.82. The van der Waals surface area contributed by atoms with E-state index in [-0.39, 0.29) is 0 Å². The number of hydrogen-bond acceptors (Lipinski definition) is 2. The lowest BCUT2D eigenvalue weighted by Gasteiger charge is -1.82. The zero-order valence-electron chi connectivity index (χ0n) is 5.46. The summed E-state index contributed by atoms with van der Waals surface area (Å²) < 4.78 is 0. The third-order valence-corrected chi connectivity index (χ3v) is 0.723. The summed E-state index contributed by atoms with van der Waals surface area (Å²) >= 11 is 0. The average molecular weight is 112 g/mol. The normalized spacial score (nSPS) is 11.8. The molecule has 0 aliphatic carbocycles. The monoisotopic (exact) mass is 112 g/mol. The summed E-state index contributed by atoms with van der Waals surface area (Å²) in [5.74, 6) is 0. The van der Waals surface area contributed by atoms with Crippen LogP contribution in [0.5, 0.6) is 0 Å². The zero-order valence-corrected chi connectivity index (χ0v) is 5.46. The molecule has 0 saturated carbocycles. The van der Waals surface area contributed by atoms with Gasteiger partial charge in [0.2, 0.25) is 0 Å². The van der Waals surface area contributed by atoms with Crippen LogP contribution in [0.2, 0.25) is 0 Å². The highest BCUT2D eigenvalue weighted by Crippen LogP contribution is 1.69. The Labute approximate surface area is 50.4 Å². The molecule has 0 aliphatic heterocycles. The molecule has 0 amide bonds. The maximum atomic E-state index is 3.97. The van der Waals surface area contributed by atoms with E-state index in [4.69, 9.17) is 0 Å². The Morgan fingerprint density at radius 2 is 1.38 bits per heavy atom. The topological polar surface area (TPSA) is 24.7 Å². The minimum Gasteiger partial charge on any atom is -0.296 e. The molecule has 0 atom stereocenters. The second kappa shape index (κ2) is 6.34. The molecule has 0 aromatic carbocycles. The molecular weight excluding hydrogens is 100 g/mol. The Bertz CT molecular complexity index is 72.5. The van der Waals surface area contributed by atoms with E-state index in [0.29, 0.717) is 0 Å². The molecule has 0 unspecified atom stereocenters. The van der Waals surface area contributed by atoms with Gasteiger partial charge in [0.1, 0.15) is 0 Å². The minimum absolute atomic E-state index is 0.820. The highest BCUT2D eigenvalue weighted by atomic mass is 14.8. The van der Waals surface area contributed by atoms with E-state index in [2.05, 4.69) is 9.98 Å². The SMILES string of the molecule is C/C=N/CC/N=C/C.